The molecule has 2 aromatic carbocycles. The highest BCUT2D eigenvalue weighted by Crippen LogP contribution is 2.32. The smallest absolute Gasteiger partial charge is 0.265 e. The fourth-order valence-electron chi connectivity index (χ4n) is 1.56. The zero-order valence-corrected chi connectivity index (χ0v) is 13.4. The van der Waals surface area contributed by atoms with Crippen LogP contribution in [0.1, 0.15) is 0 Å². The predicted octanol–water partition coefficient (Wildman–Crippen LogP) is 3.76. The average Bonchev–Trinajstić information content (AvgIpc) is 2.39. The maximum absolute atomic E-state index is 13.7. The molecule has 0 saturated heterocycles. The number of nitrogens with one attached hydrogen (secondary N) is 1. The summed E-state index contributed by atoms with van der Waals surface area (Å²) in [5.74, 6) is -2.85. The van der Waals surface area contributed by atoms with Crippen LogP contribution in [0.4, 0.5) is 20.2 Å². The van der Waals surface area contributed by atoms with Gasteiger partial charge in [0.2, 0.25) is 0 Å². The fourth-order valence-corrected chi connectivity index (χ4v) is 3.43. The van der Waals surface area contributed by atoms with Crippen LogP contribution >= 0.6 is 27.5 Å². The Morgan fingerprint density at radius 3 is 2.57 bits per heavy atom. The van der Waals surface area contributed by atoms with E-state index in [1.54, 1.807) is 0 Å². The summed E-state index contributed by atoms with van der Waals surface area (Å²) in [6, 6.07) is 5.97. The van der Waals surface area contributed by atoms with E-state index in [-0.39, 0.29) is 20.9 Å². The largest absolute Gasteiger partial charge is 0.399 e. The summed E-state index contributed by atoms with van der Waals surface area (Å²) < 4.78 is 53.6. The van der Waals surface area contributed by atoms with Gasteiger partial charge in [-0.05, 0) is 40.2 Å². The van der Waals surface area contributed by atoms with Gasteiger partial charge in [-0.1, -0.05) is 17.7 Å². The molecular weight excluding hydrogens is 390 g/mol. The van der Waals surface area contributed by atoms with Gasteiger partial charge in [-0.25, -0.2) is 17.2 Å². The molecule has 112 valence electrons. The quantitative estimate of drug-likeness (QED) is 0.775. The number of rotatable bonds is 3. The topological polar surface area (TPSA) is 72.2 Å². The molecule has 2 aromatic rings. The molecule has 0 heterocycles. The van der Waals surface area contributed by atoms with E-state index in [0.717, 1.165) is 6.07 Å². The Bertz CT molecular complexity index is 815. The minimum atomic E-state index is -4.36. The van der Waals surface area contributed by atoms with Crippen molar-refractivity contribution in [2.45, 2.75) is 4.90 Å². The summed E-state index contributed by atoms with van der Waals surface area (Å²) in [5.41, 5.74) is 5.22. The highest BCUT2D eigenvalue weighted by atomic mass is 79.9. The van der Waals surface area contributed by atoms with Crippen molar-refractivity contribution in [2.75, 3.05) is 10.5 Å². The molecule has 0 spiro atoms. The molecule has 0 amide bonds. The van der Waals surface area contributed by atoms with Crippen molar-refractivity contribution < 1.29 is 17.2 Å². The maximum Gasteiger partial charge on any atom is 0.265 e. The van der Waals surface area contributed by atoms with E-state index in [1.165, 1.54) is 18.2 Å². The van der Waals surface area contributed by atoms with E-state index >= 15 is 0 Å². The Labute approximate surface area is 133 Å². The Hall–Kier alpha value is -1.38. The number of nitrogen functional groups attached to an aromatic ring is 1. The monoisotopic (exact) mass is 396 g/mol. The van der Waals surface area contributed by atoms with Crippen LogP contribution in [0, 0.1) is 11.6 Å². The number of sulfonamides is 1. The third-order valence-corrected chi connectivity index (χ3v) is 5.26. The van der Waals surface area contributed by atoms with Gasteiger partial charge < -0.3 is 5.73 Å². The van der Waals surface area contributed by atoms with E-state index in [1.807, 2.05) is 0 Å². The SMILES string of the molecule is Nc1cc(F)c(F)c(S(=O)(=O)Nc2cccc(Cl)c2Br)c1. The van der Waals surface area contributed by atoms with Gasteiger partial charge in [-0.15, -0.1) is 0 Å². The van der Waals surface area contributed by atoms with Crippen molar-refractivity contribution >= 4 is 48.9 Å². The molecule has 0 aliphatic heterocycles. The zero-order valence-electron chi connectivity index (χ0n) is 10.2. The number of anilines is 2. The summed E-state index contributed by atoms with van der Waals surface area (Å²) in [7, 11) is -4.36. The van der Waals surface area contributed by atoms with Crippen molar-refractivity contribution in [3.63, 3.8) is 0 Å². The molecule has 0 fully saturated rings. The second-order valence-electron chi connectivity index (χ2n) is 4.02. The van der Waals surface area contributed by atoms with Gasteiger partial charge in [0.15, 0.2) is 11.6 Å². The Morgan fingerprint density at radius 1 is 1.24 bits per heavy atom. The molecule has 9 heteroatoms. The molecule has 2 rings (SSSR count). The van der Waals surface area contributed by atoms with Crippen molar-refractivity contribution in [3.05, 3.63) is 51.5 Å². The fraction of sp³-hybridized carbons (Fsp3) is 0. The van der Waals surface area contributed by atoms with Crippen LogP contribution in [0.5, 0.6) is 0 Å². The first kappa shape index (κ1) is 16.0. The molecule has 0 unspecified atom stereocenters. The lowest BCUT2D eigenvalue weighted by atomic mass is 10.3. The van der Waals surface area contributed by atoms with Crippen LogP contribution in [0.25, 0.3) is 0 Å². The van der Waals surface area contributed by atoms with E-state index in [0.29, 0.717) is 6.07 Å². The molecule has 0 saturated carbocycles. The summed E-state index contributed by atoms with van der Waals surface area (Å²) in [6.07, 6.45) is 0. The first-order valence-electron chi connectivity index (χ1n) is 5.43. The van der Waals surface area contributed by atoms with Gasteiger partial charge in [0.05, 0.1) is 15.2 Å². The molecule has 21 heavy (non-hydrogen) atoms. The van der Waals surface area contributed by atoms with Gasteiger partial charge >= 0.3 is 0 Å². The summed E-state index contributed by atoms with van der Waals surface area (Å²) in [6.45, 7) is 0. The Kier molecular flexibility index (Phi) is 4.40. The highest BCUT2D eigenvalue weighted by Gasteiger charge is 2.23. The maximum atomic E-state index is 13.7. The number of benzene rings is 2. The van der Waals surface area contributed by atoms with Crippen molar-refractivity contribution in [1.29, 1.82) is 0 Å². The Balaban J connectivity index is 2.51. The van der Waals surface area contributed by atoms with Gasteiger partial charge in [0.1, 0.15) is 4.90 Å². The van der Waals surface area contributed by atoms with Gasteiger partial charge in [0, 0.05) is 5.69 Å². The summed E-state index contributed by atoms with van der Waals surface area (Å²) >= 11 is 8.94. The standard InChI is InChI=1S/C12H8BrClF2N2O2S/c13-11-7(14)2-1-3-9(11)18-21(19,20)10-5-6(17)4-8(15)12(10)16/h1-5,18H,17H2. The number of nitrogens with two attached hydrogens (primary N) is 1. The van der Waals surface area contributed by atoms with Crippen molar-refractivity contribution in [2.24, 2.45) is 0 Å². The second kappa shape index (κ2) is 5.78. The van der Waals surface area contributed by atoms with E-state index in [4.69, 9.17) is 17.3 Å². The van der Waals surface area contributed by atoms with Crippen molar-refractivity contribution in [1.82, 2.24) is 0 Å². The molecular formula is C12H8BrClF2N2O2S. The molecule has 0 bridgehead atoms. The molecule has 3 N–H and O–H groups in total. The van der Waals surface area contributed by atoms with Gasteiger partial charge in [-0.2, -0.15) is 0 Å². The summed E-state index contributed by atoms with van der Waals surface area (Å²) in [4.78, 5) is -0.883. The van der Waals surface area contributed by atoms with Crippen LogP contribution in [0.3, 0.4) is 0 Å². The molecule has 0 aliphatic carbocycles. The first-order valence-corrected chi connectivity index (χ1v) is 8.09. The van der Waals surface area contributed by atoms with E-state index < -0.39 is 26.6 Å². The van der Waals surface area contributed by atoms with Crippen LogP contribution in [-0.2, 0) is 10.0 Å². The lowest BCUT2D eigenvalue weighted by Gasteiger charge is -2.12. The number of halogens is 4. The lowest BCUT2D eigenvalue weighted by Crippen LogP contribution is -2.16. The molecule has 0 aliphatic rings. The molecule has 0 atom stereocenters. The second-order valence-corrected chi connectivity index (χ2v) is 6.87. The van der Waals surface area contributed by atoms with Crippen LogP contribution in [0.2, 0.25) is 5.02 Å². The van der Waals surface area contributed by atoms with Gasteiger partial charge in [-0.3, -0.25) is 4.72 Å². The Morgan fingerprint density at radius 2 is 1.90 bits per heavy atom. The molecule has 0 aromatic heterocycles. The lowest BCUT2D eigenvalue weighted by molar-refractivity contribution is 0.486. The van der Waals surface area contributed by atoms with Crippen LogP contribution in [-0.4, -0.2) is 8.42 Å². The molecule has 0 radical (unpaired) electrons. The highest BCUT2D eigenvalue weighted by molar-refractivity contribution is 9.10. The zero-order chi connectivity index (χ0) is 15.8. The first-order chi connectivity index (χ1) is 9.72. The number of hydrogen-bond acceptors (Lipinski definition) is 3. The van der Waals surface area contributed by atoms with E-state index in [9.17, 15) is 17.2 Å². The molecule has 4 nitrogen and oxygen atoms in total. The predicted molar refractivity (Wildman–Crippen MR) is 80.7 cm³/mol. The van der Waals surface area contributed by atoms with Crippen molar-refractivity contribution in [3.8, 4) is 0 Å². The normalized spacial score (nSPS) is 11.4. The van der Waals surface area contributed by atoms with E-state index in [2.05, 4.69) is 20.7 Å². The third kappa shape index (κ3) is 3.28. The summed E-state index contributed by atoms with van der Waals surface area (Å²) in [5, 5.41) is 0.259. The minimum Gasteiger partial charge on any atom is -0.399 e. The number of hydrogen-bond donors (Lipinski definition) is 2. The van der Waals surface area contributed by atoms with Gasteiger partial charge in [0.25, 0.3) is 10.0 Å². The third-order valence-electron chi connectivity index (χ3n) is 2.50. The minimum absolute atomic E-state index is 0.0877. The van der Waals surface area contributed by atoms with Crippen LogP contribution < -0.4 is 10.5 Å². The van der Waals surface area contributed by atoms with Crippen LogP contribution in [0.15, 0.2) is 39.7 Å². The average molecular weight is 398 g/mol.